The monoisotopic (exact) mass is 506 g/mol. The number of fused-ring (bicyclic) bond motifs is 4. The molecule has 0 saturated carbocycles. The van der Waals surface area contributed by atoms with E-state index < -0.39 is 0 Å². The van der Waals surface area contributed by atoms with E-state index in [1.54, 1.807) is 0 Å². The third kappa shape index (κ3) is 5.27. The number of benzene rings is 6. The van der Waals surface area contributed by atoms with E-state index in [1.165, 1.54) is 28.1 Å². The van der Waals surface area contributed by atoms with E-state index in [4.69, 9.17) is 8.83 Å². The Morgan fingerprint density at radius 3 is 1.85 bits per heavy atom. The molecule has 39 heavy (non-hydrogen) atoms. The van der Waals surface area contributed by atoms with Crippen molar-refractivity contribution in [2.24, 2.45) is 0 Å². The van der Waals surface area contributed by atoms with Gasteiger partial charge in [0, 0.05) is 5.56 Å². The van der Waals surface area contributed by atoms with Crippen molar-refractivity contribution in [2.75, 3.05) is 0 Å². The Morgan fingerprint density at radius 1 is 0.513 bits per heavy atom. The average molecular weight is 507 g/mol. The molecule has 0 amide bonds. The summed E-state index contributed by atoms with van der Waals surface area (Å²) in [5.41, 5.74) is 5.86. The van der Waals surface area contributed by atoms with Crippen molar-refractivity contribution in [1.29, 1.82) is 0 Å². The van der Waals surface area contributed by atoms with Crippen LogP contribution in [0.3, 0.4) is 0 Å². The second-order valence-electron chi connectivity index (χ2n) is 9.13. The number of nitrogens with zero attached hydrogens (tertiary/aromatic N) is 2. The van der Waals surface area contributed by atoms with E-state index in [9.17, 15) is 0 Å². The highest BCUT2D eigenvalue weighted by molar-refractivity contribution is 5.95. The largest absolute Gasteiger partial charge is 0.443 e. The van der Waals surface area contributed by atoms with E-state index in [-0.39, 0.29) is 0 Å². The van der Waals surface area contributed by atoms with Gasteiger partial charge in [0.1, 0.15) is 11.0 Å². The van der Waals surface area contributed by atoms with Gasteiger partial charge in [0.15, 0.2) is 17.6 Å². The fourth-order valence-electron chi connectivity index (χ4n) is 4.59. The van der Waals surface area contributed by atoms with Gasteiger partial charge in [-0.1, -0.05) is 103 Å². The summed E-state index contributed by atoms with van der Waals surface area (Å²) in [6.07, 6.45) is 1.45. The minimum Gasteiger partial charge on any atom is -0.443 e. The number of aryl methyl sites for hydroxylation is 1. The highest BCUT2D eigenvalue weighted by atomic mass is 16.3. The second kappa shape index (κ2) is 11.0. The summed E-state index contributed by atoms with van der Waals surface area (Å²) in [6.45, 7) is 2.14. The zero-order chi connectivity index (χ0) is 26.4. The van der Waals surface area contributed by atoms with Crippen LogP contribution >= 0.6 is 0 Å². The molecule has 0 radical (unpaired) electrons. The Balaban J connectivity index is 0.000000117. The number of rotatable bonds is 1. The Hall–Kier alpha value is -5.22. The quantitative estimate of drug-likeness (QED) is 0.222. The summed E-state index contributed by atoms with van der Waals surface area (Å²) >= 11 is 0. The zero-order valence-corrected chi connectivity index (χ0v) is 21.5. The predicted molar refractivity (Wildman–Crippen MR) is 160 cm³/mol. The summed E-state index contributed by atoms with van der Waals surface area (Å²) in [6, 6.07) is 44.8. The van der Waals surface area contributed by atoms with Crippen molar-refractivity contribution in [3.05, 3.63) is 145 Å². The molecular formula is C35H26N2O2. The van der Waals surface area contributed by atoms with E-state index in [2.05, 4.69) is 77.6 Å². The van der Waals surface area contributed by atoms with Gasteiger partial charge in [-0.25, -0.2) is 9.97 Å². The Kier molecular flexibility index (Phi) is 6.83. The Bertz CT molecular complexity index is 1930. The highest BCUT2D eigenvalue weighted by Crippen LogP contribution is 2.30. The number of aromatic nitrogens is 2. The van der Waals surface area contributed by atoms with Crippen LogP contribution in [0.25, 0.3) is 55.2 Å². The molecule has 0 atom stereocenters. The van der Waals surface area contributed by atoms with Gasteiger partial charge in [-0.15, -0.1) is 0 Å². The molecule has 4 nitrogen and oxygen atoms in total. The second-order valence-corrected chi connectivity index (χ2v) is 9.13. The molecule has 0 N–H and O–H groups in total. The van der Waals surface area contributed by atoms with Crippen molar-refractivity contribution in [3.8, 4) is 11.5 Å². The molecule has 6 aromatic carbocycles. The molecule has 0 aliphatic heterocycles. The molecule has 0 aliphatic carbocycles. The normalized spacial score (nSPS) is 10.7. The van der Waals surface area contributed by atoms with Crippen LogP contribution in [0.4, 0.5) is 0 Å². The third-order valence-corrected chi connectivity index (χ3v) is 6.56. The summed E-state index contributed by atoms with van der Waals surface area (Å²) in [5, 5.41) is 5.04. The molecule has 8 aromatic rings. The molecule has 4 heteroatoms. The number of hydrogen-bond donors (Lipinski definition) is 0. The van der Waals surface area contributed by atoms with E-state index in [0.29, 0.717) is 5.89 Å². The molecule has 0 spiro atoms. The lowest BCUT2D eigenvalue weighted by Crippen LogP contribution is -1.80. The number of hydrogen-bond acceptors (Lipinski definition) is 4. The lowest BCUT2D eigenvalue weighted by atomic mass is 10.0. The van der Waals surface area contributed by atoms with Crippen molar-refractivity contribution in [2.45, 2.75) is 6.92 Å². The van der Waals surface area contributed by atoms with Gasteiger partial charge in [0.25, 0.3) is 0 Å². The topological polar surface area (TPSA) is 52.1 Å². The maximum Gasteiger partial charge on any atom is 0.227 e. The molecule has 0 fully saturated rings. The van der Waals surface area contributed by atoms with Crippen LogP contribution in [0.15, 0.2) is 149 Å². The van der Waals surface area contributed by atoms with Crippen LogP contribution in [0.2, 0.25) is 0 Å². The van der Waals surface area contributed by atoms with Gasteiger partial charge in [0.05, 0.1) is 0 Å². The van der Waals surface area contributed by atoms with E-state index in [1.807, 2.05) is 72.8 Å². The molecule has 8 rings (SSSR count). The Labute approximate surface area is 226 Å². The Morgan fingerprint density at radius 2 is 1.10 bits per heavy atom. The summed E-state index contributed by atoms with van der Waals surface area (Å²) in [5.74, 6) is 0.679. The third-order valence-electron chi connectivity index (χ3n) is 6.56. The van der Waals surface area contributed by atoms with Gasteiger partial charge in [-0.3, -0.25) is 0 Å². The van der Waals surface area contributed by atoms with Crippen LogP contribution in [0.5, 0.6) is 0 Å². The fourth-order valence-corrected chi connectivity index (χ4v) is 4.59. The van der Waals surface area contributed by atoms with Crippen LogP contribution in [-0.2, 0) is 0 Å². The van der Waals surface area contributed by atoms with Crippen molar-refractivity contribution in [3.63, 3.8) is 0 Å². The van der Waals surface area contributed by atoms with Crippen molar-refractivity contribution < 1.29 is 8.83 Å². The van der Waals surface area contributed by atoms with Gasteiger partial charge >= 0.3 is 0 Å². The van der Waals surface area contributed by atoms with Crippen molar-refractivity contribution >= 4 is 43.7 Å². The summed E-state index contributed by atoms with van der Waals surface area (Å²) in [4.78, 5) is 8.52. The van der Waals surface area contributed by atoms with Gasteiger partial charge in [-0.2, -0.15) is 0 Å². The molecule has 2 aromatic heterocycles. The summed E-state index contributed by atoms with van der Waals surface area (Å²) in [7, 11) is 0. The number of para-hydroxylation sites is 4. The lowest BCUT2D eigenvalue weighted by molar-refractivity contribution is 0.602. The highest BCUT2D eigenvalue weighted by Gasteiger charge is 2.10. The fraction of sp³-hybridized carbons (Fsp3) is 0.0286. The molecule has 188 valence electrons. The minimum absolute atomic E-state index is 0.679. The van der Waals surface area contributed by atoms with Gasteiger partial charge < -0.3 is 8.83 Å². The van der Waals surface area contributed by atoms with Gasteiger partial charge in [-0.05, 0) is 64.4 Å². The maximum atomic E-state index is 5.85. The van der Waals surface area contributed by atoms with Crippen LogP contribution in [0.1, 0.15) is 5.56 Å². The SMILES string of the molecule is Cc1cccc2ccccc12.c1ccc2c(-c3nc4ccccc4o3)cccc2c1.c1ccc2ocnc2c1. The minimum atomic E-state index is 0.679. The van der Waals surface area contributed by atoms with Crippen LogP contribution in [0, 0.1) is 6.92 Å². The van der Waals surface area contributed by atoms with Gasteiger partial charge in [0.2, 0.25) is 5.89 Å². The van der Waals surface area contributed by atoms with Crippen LogP contribution < -0.4 is 0 Å². The number of oxazole rings is 2. The molecule has 2 heterocycles. The molecule has 0 aliphatic rings. The smallest absolute Gasteiger partial charge is 0.227 e. The van der Waals surface area contributed by atoms with Crippen molar-refractivity contribution in [1.82, 2.24) is 9.97 Å². The first-order chi connectivity index (χ1) is 19.3. The van der Waals surface area contributed by atoms with E-state index >= 15 is 0 Å². The lowest BCUT2D eigenvalue weighted by Gasteiger charge is -2.01. The molecule has 0 bridgehead atoms. The first-order valence-electron chi connectivity index (χ1n) is 12.8. The van der Waals surface area contributed by atoms with E-state index in [0.717, 1.165) is 33.1 Å². The first kappa shape index (κ1) is 24.1. The van der Waals surface area contributed by atoms with Crippen LogP contribution in [-0.4, -0.2) is 9.97 Å². The average Bonchev–Trinajstić information content (AvgIpc) is 3.65. The predicted octanol–water partition coefficient (Wildman–Crippen LogP) is 9.62. The maximum absolute atomic E-state index is 5.85. The molecule has 0 unspecified atom stereocenters. The molecular weight excluding hydrogens is 480 g/mol. The molecule has 0 saturated heterocycles. The zero-order valence-electron chi connectivity index (χ0n) is 21.5. The summed E-state index contributed by atoms with van der Waals surface area (Å²) < 4.78 is 10.9. The first-order valence-corrected chi connectivity index (χ1v) is 12.8. The standard InChI is InChI=1S/C17H11NO.C11H10.C7H5NO/c1-2-8-13-12(6-1)7-5-9-14(13)17-18-15-10-3-4-11-16(15)19-17;1-9-5-4-7-10-6-2-3-8-11(9)10;1-2-4-7-6(3-1)8-5-9-7/h1-11H;2-8H,1H3;1-5H.